The lowest BCUT2D eigenvalue weighted by Crippen LogP contribution is -2.54. The Morgan fingerprint density at radius 1 is 0.933 bits per heavy atom. The number of nitrogens with one attached hydrogen (secondary N) is 1. The molecule has 0 saturated heterocycles. The van der Waals surface area contributed by atoms with Gasteiger partial charge >= 0.3 is 0 Å². The van der Waals surface area contributed by atoms with Crippen molar-refractivity contribution in [1.82, 2.24) is 10.2 Å². The maximum Gasteiger partial charge on any atom is 0.243 e. The van der Waals surface area contributed by atoms with E-state index in [-0.39, 0.29) is 37.7 Å². The third-order valence-electron chi connectivity index (χ3n) is 7.22. The van der Waals surface area contributed by atoms with Crippen molar-refractivity contribution in [3.05, 3.63) is 83.9 Å². The van der Waals surface area contributed by atoms with Gasteiger partial charge in [-0.3, -0.25) is 13.9 Å². The predicted molar refractivity (Wildman–Crippen MR) is 174 cm³/mol. The molecule has 0 saturated carbocycles. The first-order chi connectivity index (χ1) is 21.3. The number of sulfonamides is 1. The van der Waals surface area contributed by atoms with Gasteiger partial charge in [0.25, 0.3) is 0 Å². The van der Waals surface area contributed by atoms with Crippen LogP contribution < -0.4 is 23.8 Å². The summed E-state index contributed by atoms with van der Waals surface area (Å²) in [6, 6.07) is 21.1. The topological polar surface area (TPSA) is 114 Å². The molecule has 45 heavy (non-hydrogen) atoms. The smallest absolute Gasteiger partial charge is 0.243 e. The minimum Gasteiger partial charge on any atom is -0.497 e. The predicted octanol–water partition coefficient (Wildman–Crippen LogP) is 4.57. The summed E-state index contributed by atoms with van der Waals surface area (Å²) in [5.41, 5.74) is 1.63. The number of methoxy groups -OCH3 is 1. The number of nitrogens with zero attached hydrogens (tertiary/aromatic N) is 2. The zero-order valence-corrected chi connectivity index (χ0v) is 27.4. The third kappa shape index (κ3) is 9.62. The van der Waals surface area contributed by atoms with Crippen LogP contribution in [0.2, 0.25) is 0 Å². The van der Waals surface area contributed by atoms with Crippen molar-refractivity contribution in [2.75, 3.05) is 37.4 Å². The van der Waals surface area contributed by atoms with E-state index in [9.17, 15) is 18.0 Å². The van der Waals surface area contributed by atoms with Gasteiger partial charge in [-0.1, -0.05) is 42.5 Å². The standard InChI is InChI=1S/C34H43N3O7S/c1-34(2,3)35-33(39)29(22-25-11-7-6-8-12-25)36(24-26-13-9-14-28(21-26)42-4)32(38)15-10-18-37(45(5,40)41)27-16-17-30-31(23-27)44-20-19-43-30/h6-9,11-14,16-17,21,23,29H,10,15,18-20,22,24H2,1-5H3,(H,35,39)/t29-/m1/s1. The Kier molecular flexibility index (Phi) is 11.0. The molecule has 0 fully saturated rings. The van der Waals surface area contributed by atoms with Crippen LogP contribution in [-0.4, -0.2) is 69.8 Å². The van der Waals surface area contributed by atoms with Crippen LogP contribution in [0.3, 0.4) is 0 Å². The van der Waals surface area contributed by atoms with Gasteiger partial charge in [0.15, 0.2) is 11.5 Å². The molecule has 0 bridgehead atoms. The first-order valence-corrected chi connectivity index (χ1v) is 16.8. The van der Waals surface area contributed by atoms with Crippen LogP contribution in [0.15, 0.2) is 72.8 Å². The Morgan fingerprint density at radius 2 is 1.62 bits per heavy atom. The Bertz CT molecular complexity index is 1570. The average Bonchev–Trinajstić information content (AvgIpc) is 2.99. The summed E-state index contributed by atoms with van der Waals surface area (Å²) in [5, 5.41) is 3.06. The first-order valence-electron chi connectivity index (χ1n) is 15.0. The summed E-state index contributed by atoms with van der Waals surface area (Å²) in [6.07, 6.45) is 1.70. The van der Waals surface area contributed by atoms with Gasteiger partial charge in [0.05, 0.1) is 19.1 Å². The highest BCUT2D eigenvalue weighted by Crippen LogP contribution is 2.35. The normalized spacial score (nSPS) is 13.4. The average molecular weight is 638 g/mol. The lowest BCUT2D eigenvalue weighted by Gasteiger charge is -2.34. The largest absolute Gasteiger partial charge is 0.497 e. The van der Waals surface area contributed by atoms with Crippen LogP contribution in [0.4, 0.5) is 5.69 Å². The van der Waals surface area contributed by atoms with Crippen molar-refractivity contribution in [3.63, 3.8) is 0 Å². The summed E-state index contributed by atoms with van der Waals surface area (Å²) in [6.45, 7) is 6.73. The number of fused-ring (bicyclic) bond motifs is 1. The Labute approximate surface area is 266 Å². The fourth-order valence-corrected chi connectivity index (χ4v) is 6.12. The van der Waals surface area contributed by atoms with Crippen LogP contribution in [0.5, 0.6) is 17.2 Å². The van der Waals surface area contributed by atoms with Crippen LogP contribution in [0.25, 0.3) is 0 Å². The number of carbonyl (C=O) groups is 2. The number of carbonyl (C=O) groups excluding carboxylic acids is 2. The summed E-state index contributed by atoms with van der Waals surface area (Å²) < 4.78 is 43.6. The molecule has 1 aliphatic rings. The van der Waals surface area contributed by atoms with Crippen molar-refractivity contribution in [2.45, 2.75) is 58.2 Å². The minimum absolute atomic E-state index is 0.0224. The van der Waals surface area contributed by atoms with Crippen molar-refractivity contribution in [2.24, 2.45) is 0 Å². The molecule has 242 valence electrons. The molecule has 4 rings (SSSR count). The molecule has 3 aromatic carbocycles. The van der Waals surface area contributed by atoms with E-state index in [0.29, 0.717) is 42.6 Å². The molecule has 2 amide bonds. The molecule has 10 nitrogen and oxygen atoms in total. The van der Waals surface area contributed by atoms with Crippen LogP contribution in [-0.2, 0) is 32.6 Å². The van der Waals surface area contributed by atoms with E-state index in [4.69, 9.17) is 14.2 Å². The van der Waals surface area contributed by atoms with Gasteiger partial charge in [-0.2, -0.15) is 0 Å². The molecule has 11 heteroatoms. The molecule has 0 aromatic heterocycles. The van der Waals surface area contributed by atoms with Gasteiger partial charge in [-0.25, -0.2) is 8.42 Å². The fourth-order valence-electron chi connectivity index (χ4n) is 5.17. The quantitative estimate of drug-likeness (QED) is 0.292. The van der Waals surface area contributed by atoms with Gasteiger partial charge in [-0.05, 0) is 62.6 Å². The number of ether oxygens (including phenoxy) is 3. The van der Waals surface area contributed by atoms with Crippen molar-refractivity contribution < 1.29 is 32.2 Å². The molecular weight excluding hydrogens is 594 g/mol. The molecule has 1 atom stereocenters. The van der Waals surface area contributed by atoms with Gasteiger partial charge in [0, 0.05) is 37.5 Å². The molecule has 0 spiro atoms. The van der Waals surface area contributed by atoms with E-state index in [1.807, 2.05) is 75.4 Å². The number of benzene rings is 3. The van der Waals surface area contributed by atoms with Gasteiger partial charge in [0.2, 0.25) is 21.8 Å². The Hall–Kier alpha value is -4.25. The lowest BCUT2D eigenvalue weighted by atomic mass is 10.00. The summed E-state index contributed by atoms with van der Waals surface area (Å²) in [7, 11) is -2.10. The molecule has 3 aromatic rings. The second-order valence-electron chi connectivity index (χ2n) is 12.1. The minimum atomic E-state index is -3.68. The van der Waals surface area contributed by atoms with E-state index >= 15 is 0 Å². The van der Waals surface area contributed by atoms with Crippen LogP contribution in [0.1, 0.15) is 44.7 Å². The molecule has 0 unspecified atom stereocenters. The molecule has 1 aliphatic heterocycles. The number of anilines is 1. The molecule has 1 N–H and O–H groups in total. The number of rotatable bonds is 13. The van der Waals surface area contributed by atoms with E-state index in [1.165, 1.54) is 4.31 Å². The molecule has 0 aliphatic carbocycles. The van der Waals surface area contributed by atoms with Crippen molar-refractivity contribution in [1.29, 1.82) is 0 Å². The first kappa shape index (κ1) is 33.6. The highest BCUT2D eigenvalue weighted by atomic mass is 32.2. The molecule has 0 radical (unpaired) electrons. The van der Waals surface area contributed by atoms with Crippen molar-refractivity contribution in [3.8, 4) is 17.2 Å². The number of amides is 2. The highest BCUT2D eigenvalue weighted by Gasteiger charge is 2.32. The van der Waals surface area contributed by atoms with Crippen LogP contribution >= 0.6 is 0 Å². The summed E-state index contributed by atoms with van der Waals surface area (Å²) >= 11 is 0. The molecular formula is C34H43N3O7S. The zero-order valence-electron chi connectivity index (χ0n) is 26.6. The van der Waals surface area contributed by atoms with Crippen molar-refractivity contribution >= 4 is 27.5 Å². The SMILES string of the molecule is COc1cccc(CN(C(=O)CCCN(c2ccc3c(c2)OCCO3)S(C)(=O)=O)[C@H](Cc2ccccc2)C(=O)NC(C)(C)C)c1. The second-order valence-corrected chi connectivity index (χ2v) is 14.0. The van der Waals surface area contributed by atoms with E-state index in [1.54, 1.807) is 30.2 Å². The molecule has 1 heterocycles. The van der Waals surface area contributed by atoms with Gasteiger partial charge in [-0.15, -0.1) is 0 Å². The lowest BCUT2D eigenvalue weighted by molar-refractivity contribution is -0.142. The number of hydrogen-bond acceptors (Lipinski definition) is 7. The monoisotopic (exact) mass is 637 g/mol. The highest BCUT2D eigenvalue weighted by molar-refractivity contribution is 7.92. The maximum atomic E-state index is 14.1. The van der Waals surface area contributed by atoms with E-state index < -0.39 is 21.6 Å². The van der Waals surface area contributed by atoms with E-state index in [0.717, 1.165) is 17.4 Å². The van der Waals surface area contributed by atoms with Crippen LogP contribution in [0, 0.1) is 0 Å². The fraction of sp³-hybridized carbons (Fsp3) is 0.412. The summed E-state index contributed by atoms with van der Waals surface area (Å²) in [4.78, 5) is 29.5. The number of hydrogen-bond donors (Lipinski definition) is 1. The Morgan fingerprint density at radius 3 is 2.29 bits per heavy atom. The zero-order chi connectivity index (χ0) is 32.6. The summed E-state index contributed by atoms with van der Waals surface area (Å²) in [5.74, 6) is 1.14. The van der Waals surface area contributed by atoms with Gasteiger partial charge in [0.1, 0.15) is 25.0 Å². The maximum absolute atomic E-state index is 14.1. The second kappa shape index (κ2) is 14.7. The Balaban J connectivity index is 1.60. The third-order valence-corrected chi connectivity index (χ3v) is 8.42. The van der Waals surface area contributed by atoms with Gasteiger partial charge < -0.3 is 24.4 Å². The van der Waals surface area contributed by atoms with E-state index in [2.05, 4.69) is 5.32 Å².